The number of hydrogen-bond acceptors (Lipinski definition) is 5. The summed E-state index contributed by atoms with van der Waals surface area (Å²) in [5, 5.41) is 2.90. The number of aryl methyl sites for hydroxylation is 1. The highest BCUT2D eigenvalue weighted by atomic mass is 32.2. The molecule has 7 heteroatoms. The summed E-state index contributed by atoms with van der Waals surface area (Å²) in [4.78, 5) is 16.1. The van der Waals surface area contributed by atoms with Gasteiger partial charge in [0, 0.05) is 11.8 Å². The molecule has 2 aromatic rings. The molecule has 0 saturated carbocycles. The molecular formula is C13H14N2O3S2. The number of aromatic nitrogens is 1. The molecule has 1 amide bonds. The quantitative estimate of drug-likeness (QED) is 0.944. The van der Waals surface area contributed by atoms with Crippen molar-refractivity contribution < 1.29 is 13.2 Å². The number of hydrogen-bond donors (Lipinski definition) is 1. The highest BCUT2D eigenvalue weighted by Crippen LogP contribution is 2.23. The number of nitrogens with zero attached hydrogens (tertiary/aromatic N) is 1. The van der Waals surface area contributed by atoms with Crippen molar-refractivity contribution in [2.75, 3.05) is 11.6 Å². The Morgan fingerprint density at radius 3 is 2.60 bits per heavy atom. The van der Waals surface area contributed by atoms with Gasteiger partial charge in [-0.2, -0.15) is 0 Å². The molecule has 0 saturated heterocycles. The van der Waals surface area contributed by atoms with Crippen LogP contribution in [0, 0.1) is 13.8 Å². The monoisotopic (exact) mass is 310 g/mol. The standard InChI is InChI=1S/C13H14N2O3S2/c1-8-5-4-6-10(9(8)2)12(16)15-13-14-7-11(19-13)20(3,17)18/h4-7H,1-3H3,(H,14,15,16). The minimum atomic E-state index is -3.29. The van der Waals surface area contributed by atoms with Crippen molar-refractivity contribution in [2.45, 2.75) is 18.1 Å². The van der Waals surface area contributed by atoms with Crippen molar-refractivity contribution in [3.8, 4) is 0 Å². The van der Waals surface area contributed by atoms with Crippen LogP contribution in [0.25, 0.3) is 0 Å². The summed E-state index contributed by atoms with van der Waals surface area (Å²) in [5.74, 6) is -0.291. The second-order valence-corrected chi connectivity index (χ2v) is 7.73. The lowest BCUT2D eigenvalue weighted by molar-refractivity contribution is 0.102. The molecule has 1 heterocycles. The van der Waals surface area contributed by atoms with Crippen LogP contribution in [0.2, 0.25) is 0 Å². The average molecular weight is 310 g/mol. The smallest absolute Gasteiger partial charge is 0.257 e. The summed E-state index contributed by atoms with van der Waals surface area (Å²) < 4.78 is 22.9. The van der Waals surface area contributed by atoms with Gasteiger partial charge in [-0.3, -0.25) is 10.1 Å². The number of rotatable bonds is 3. The third-order valence-electron chi connectivity index (χ3n) is 2.92. The molecule has 0 spiro atoms. The fourth-order valence-corrected chi connectivity index (χ4v) is 3.28. The van der Waals surface area contributed by atoms with Gasteiger partial charge in [0.2, 0.25) is 0 Å². The Labute approximate surface area is 121 Å². The van der Waals surface area contributed by atoms with Crippen LogP contribution in [0.3, 0.4) is 0 Å². The van der Waals surface area contributed by atoms with Gasteiger partial charge in [0.05, 0.1) is 6.20 Å². The predicted octanol–water partition coefficient (Wildman–Crippen LogP) is 2.42. The van der Waals surface area contributed by atoms with Gasteiger partial charge in [0.25, 0.3) is 5.91 Å². The van der Waals surface area contributed by atoms with E-state index in [4.69, 9.17) is 0 Å². The predicted molar refractivity (Wildman–Crippen MR) is 79.1 cm³/mol. The number of nitrogens with one attached hydrogen (secondary N) is 1. The molecule has 0 fully saturated rings. The highest BCUT2D eigenvalue weighted by Gasteiger charge is 2.15. The molecule has 0 atom stereocenters. The Morgan fingerprint density at radius 2 is 2.00 bits per heavy atom. The van der Waals surface area contributed by atoms with Crippen LogP contribution in [-0.2, 0) is 9.84 Å². The summed E-state index contributed by atoms with van der Waals surface area (Å²) in [6, 6.07) is 5.46. The average Bonchev–Trinajstić information content (AvgIpc) is 2.81. The van der Waals surface area contributed by atoms with Crippen LogP contribution in [0.4, 0.5) is 5.13 Å². The molecule has 0 aliphatic carbocycles. The van der Waals surface area contributed by atoms with E-state index in [9.17, 15) is 13.2 Å². The first kappa shape index (κ1) is 14.7. The first-order valence-corrected chi connectivity index (χ1v) is 8.53. The number of benzene rings is 1. The van der Waals surface area contributed by atoms with Crippen molar-refractivity contribution in [3.63, 3.8) is 0 Å². The van der Waals surface area contributed by atoms with E-state index in [0.29, 0.717) is 5.56 Å². The summed E-state index contributed by atoms with van der Waals surface area (Å²) >= 11 is 0.942. The van der Waals surface area contributed by atoms with Crippen LogP contribution in [0.15, 0.2) is 28.6 Å². The lowest BCUT2D eigenvalue weighted by Gasteiger charge is -2.07. The zero-order valence-corrected chi connectivity index (χ0v) is 12.9. The molecule has 1 aromatic heterocycles. The Hall–Kier alpha value is -1.73. The number of carbonyl (C=O) groups is 1. The van der Waals surface area contributed by atoms with Gasteiger partial charge in [-0.05, 0) is 31.0 Å². The van der Waals surface area contributed by atoms with Gasteiger partial charge in [0.1, 0.15) is 4.21 Å². The molecule has 1 aromatic carbocycles. The lowest BCUT2D eigenvalue weighted by atomic mass is 10.0. The zero-order chi connectivity index (χ0) is 14.9. The van der Waals surface area contributed by atoms with E-state index in [1.165, 1.54) is 6.20 Å². The molecule has 0 unspecified atom stereocenters. The SMILES string of the molecule is Cc1cccc(C(=O)Nc2ncc(S(C)(=O)=O)s2)c1C. The van der Waals surface area contributed by atoms with E-state index in [0.717, 1.165) is 28.7 Å². The molecule has 20 heavy (non-hydrogen) atoms. The lowest BCUT2D eigenvalue weighted by Crippen LogP contribution is -2.13. The molecule has 0 radical (unpaired) electrons. The van der Waals surface area contributed by atoms with E-state index in [-0.39, 0.29) is 15.2 Å². The van der Waals surface area contributed by atoms with Crippen molar-refractivity contribution in [1.29, 1.82) is 0 Å². The second kappa shape index (κ2) is 5.34. The van der Waals surface area contributed by atoms with E-state index in [2.05, 4.69) is 10.3 Å². The third-order valence-corrected chi connectivity index (χ3v) is 5.62. The van der Waals surface area contributed by atoms with Gasteiger partial charge < -0.3 is 0 Å². The van der Waals surface area contributed by atoms with Gasteiger partial charge in [-0.25, -0.2) is 13.4 Å². The highest BCUT2D eigenvalue weighted by molar-refractivity contribution is 7.92. The van der Waals surface area contributed by atoms with Crippen LogP contribution >= 0.6 is 11.3 Å². The number of carbonyl (C=O) groups excluding carboxylic acids is 1. The maximum atomic E-state index is 12.2. The first-order chi connectivity index (χ1) is 9.29. The fraction of sp³-hybridized carbons (Fsp3) is 0.231. The first-order valence-electron chi connectivity index (χ1n) is 5.82. The number of sulfone groups is 1. The normalized spacial score (nSPS) is 11.3. The van der Waals surface area contributed by atoms with E-state index in [1.807, 2.05) is 19.9 Å². The van der Waals surface area contributed by atoms with Crippen LogP contribution in [-0.4, -0.2) is 25.6 Å². The molecule has 5 nitrogen and oxygen atoms in total. The van der Waals surface area contributed by atoms with Gasteiger partial charge >= 0.3 is 0 Å². The summed E-state index contributed by atoms with van der Waals surface area (Å²) in [5.41, 5.74) is 2.47. The van der Waals surface area contributed by atoms with Crippen LogP contribution < -0.4 is 5.32 Å². The summed E-state index contributed by atoms with van der Waals surface area (Å²) in [7, 11) is -3.29. The Kier molecular flexibility index (Phi) is 3.92. The van der Waals surface area contributed by atoms with Crippen molar-refractivity contribution in [3.05, 3.63) is 41.1 Å². The molecule has 106 valence electrons. The van der Waals surface area contributed by atoms with E-state index < -0.39 is 9.84 Å². The third kappa shape index (κ3) is 3.05. The largest absolute Gasteiger partial charge is 0.298 e. The molecule has 0 aliphatic heterocycles. The summed E-state index contributed by atoms with van der Waals surface area (Å²) in [6.07, 6.45) is 2.36. The summed E-state index contributed by atoms with van der Waals surface area (Å²) in [6.45, 7) is 3.80. The van der Waals surface area contributed by atoms with E-state index >= 15 is 0 Å². The number of amides is 1. The maximum absolute atomic E-state index is 12.2. The minimum absolute atomic E-state index is 0.133. The second-order valence-electron chi connectivity index (χ2n) is 4.46. The topological polar surface area (TPSA) is 76.1 Å². The molecule has 0 aliphatic rings. The van der Waals surface area contributed by atoms with Gasteiger partial charge in [-0.1, -0.05) is 23.5 Å². The fourth-order valence-electron chi connectivity index (χ4n) is 1.65. The van der Waals surface area contributed by atoms with Crippen molar-refractivity contribution >= 4 is 32.2 Å². The van der Waals surface area contributed by atoms with Gasteiger partial charge in [-0.15, -0.1) is 0 Å². The van der Waals surface area contributed by atoms with Crippen LogP contribution in [0.1, 0.15) is 21.5 Å². The molecule has 1 N–H and O–H groups in total. The molecule has 0 bridgehead atoms. The number of anilines is 1. The van der Waals surface area contributed by atoms with Crippen molar-refractivity contribution in [2.24, 2.45) is 0 Å². The Morgan fingerprint density at radius 1 is 1.30 bits per heavy atom. The molecular weight excluding hydrogens is 296 g/mol. The Bertz CT molecular complexity index is 764. The number of thiazole rings is 1. The zero-order valence-electron chi connectivity index (χ0n) is 11.3. The van der Waals surface area contributed by atoms with Crippen molar-refractivity contribution in [1.82, 2.24) is 4.98 Å². The van der Waals surface area contributed by atoms with Gasteiger partial charge in [0.15, 0.2) is 15.0 Å². The Balaban J connectivity index is 2.24. The minimum Gasteiger partial charge on any atom is -0.298 e. The van der Waals surface area contributed by atoms with E-state index in [1.54, 1.807) is 12.1 Å². The van der Waals surface area contributed by atoms with Crippen LogP contribution in [0.5, 0.6) is 0 Å². The maximum Gasteiger partial charge on any atom is 0.257 e. The molecule has 2 rings (SSSR count).